The molecular formula is C19H29NO. The lowest BCUT2D eigenvalue weighted by atomic mass is 9.82. The summed E-state index contributed by atoms with van der Waals surface area (Å²) in [5, 5.41) is 0. The van der Waals surface area contributed by atoms with Crippen LogP contribution in [0.15, 0.2) is 18.3 Å². The molecule has 0 radical (unpaired) electrons. The number of hydrogen-bond donors (Lipinski definition) is 0. The van der Waals surface area contributed by atoms with E-state index in [1.54, 1.807) is 0 Å². The molecule has 21 heavy (non-hydrogen) atoms. The van der Waals surface area contributed by atoms with E-state index in [2.05, 4.69) is 36.7 Å². The Balaban J connectivity index is 1.97. The fraction of sp³-hybridized carbons (Fsp3) is 0.737. The third-order valence-corrected chi connectivity index (χ3v) is 5.68. The first-order valence-electron chi connectivity index (χ1n) is 8.87. The number of carbonyl (C=O) groups excluding carboxylic acids is 1. The van der Waals surface area contributed by atoms with Crippen LogP contribution in [0.5, 0.6) is 0 Å². The zero-order valence-corrected chi connectivity index (χ0v) is 13.6. The highest BCUT2D eigenvalue weighted by molar-refractivity contribution is 5.88. The molecule has 1 heterocycles. The quantitative estimate of drug-likeness (QED) is 0.761. The Bertz CT molecular complexity index is 487. The number of hydrogen-bond acceptors (Lipinski definition) is 1. The molecule has 116 valence electrons. The lowest BCUT2D eigenvalue weighted by molar-refractivity contribution is -0.130. The van der Waals surface area contributed by atoms with Gasteiger partial charge in [0, 0.05) is 17.8 Å². The van der Waals surface area contributed by atoms with E-state index in [1.807, 2.05) is 0 Å². The lowest BCUT2D eigenvalue weighted by Crippen LogP contribution is -2.42. The molecule has 0 N–H and O–H groups in total. The third kappa shape index (κ3) is 2.58. The predicted octanol–water partition coefficient (Wildman–Crippen LogP) is 5.03. The average molecular weight is 287 g/mol. The van der Waals surface area contributed by atoms with Gasteiger partial charge in [-0.2, -0.15) is 0 Å². The molecule has 0 spiro atoms. The second-order valence-electron chi connectivity index (χ2n) is 7.40. The van der Waals surface area contributed by atoms with Crippen LogP contribution in [0.3, 0.4) is 0 Å². The molecule has 2 heteroatoms. The van der Waals surface area contributed by atoms with Crippen LogP contribution in [0, 0.1) is 5.92 Å². The first-order valence-corrected chi connectivity index (χ1v) is 8.87. The Morgan fingerprint density at radius 3 is 2.43 bits per heavy atom. The minimum absolute atomic E-state index is 0.129. The lowest BCUT2D eigenvalue weighted by Gasteiger charge is -2.35. The molecule has 1 aromatic rings. The largest absolute Gasteiger partial charge is 0.338 e. The van der Waals surface area contributed by atoms with Crippen molar-refractivity contribution in [1.82, 2.24) is 4.57 Å². The average Bonchev–Trinajstić information content (AvgIpc) is 3.17. The van der Waals surface area contributed by atoms with Crippen LogP contribution in [0.25, 0.3) is 0 Å². The standard InChI is InChI=1S/C19H29NO/c1-15(2)18(21)19(12-6-7-13-19)20-14-8-11-17(20)16-9-4-3-5-10-16/h8,11,14-16H,3-7,9-10,12-13H2,1-2H3. The summed E-state index contributed by atoms with van der Waals surface area (Å²) in [4.78, 5) is 13.0. The summed E-state index contributed by atoms with van der Waals surface area (Å²) in [7, 11) is 0. The zero-order chi connectivity index (χ0) is 14.9. The SMILES string of the molecule is CC(C)C(=O)C1(n2cccc2C2CCCCC2)CCCC1. The molecule has 2 aliphatic rings. The summed E-state index contributed by atoms with van der Waals surface area (Å²) in [5.74, 6) is 1.25. The van der Waals surface area contributed by atoms with Gasteiger partial charge < -0.3 is 4.57 Å². The van der Waals surface area contributed by atoms with E-state index < -0.39 is 0 Å². The van der Waals surface area contributed by atoms with Gasteiger partial charge >= 0.3 is 0 Å². The van der Waals surface area contributed by atoms with Gasteiger partial charge in [0.2, 0.25) is 0 Å². The van der Waals surface area contributed by atoms with E-state index >= 15 is 0 Å². The molecule has 2 saturated carbocycles. The summed E-state index contributed by atoms with van der Waals surface area (Å²) < 4.78 is 2.40. The second-order valence-corrected chi connectivity index (χ2v) is 7.40. The summed E-state index contributed by atoms with van der Waals surface area (Å²) in [5.41, 5.74) is 1.20. The van der Waals surface area contributed by atoms with E-state index in [0.29, 0.717) is 11.7 Å². The number of nitrogens with zero attached hydrogens (tertiary/aromatic N) is 1. The molecule has 0 atom stereocenters. The maximum absolute atomic E-state index is 13.0. The van der Waals surface area contributed by atoms with Crippen LogP contribution in [0.2, 0.25) is 0 Å². The van der Waals surface area contributed by atoms with Crippen LogP contribution < -0.4 is 0 Å². The van der Waals surface area contributed by atoms with E-state index in [0.717, 1.165) is 12.8 Å². The maximum Gasteiger partial charge on any atom is 0.161 e. The summed E-state index contributed by atoms with van der Waals surface area (Å²) in [6.07, 6.45) is 13.3. The van der Waals surface area contributed by atoms with E-state index in [4.69, 9.17) is 0 Å². The van der Waals surface area contributed by atoms with Gasteiger partial charge in [0.1, 0.15) is 5.54 Å². The van der Waals surface area contributed by atoms with Gasteiger partial charge in [-0.15, -0.1) is 0 Å². The molecule has 2 aliphatic carbocycles. The van der Waals surface area contributed by atoms with Crippen molar-refractivity contribution in [1.29, 1.82) is 0 Å². The highest BCUT2D eigenvalue weighted by atomic mass is 16.1. The number of Topliss-reactive ketones (excluding diaryl/α,β-unsaturated/α-hetero) is 1. The van der Waals surface area contributed by atoms with Gasteiger partial charge in [0.25, 0.3) is 0 Å². The topological polar surface area (TPSA) is 22.0 Å². The molecule has 2 fully saturated rings. The number of rotatable bonds is 4. The normalized spacial score (nSPS) is 22.8. The fourth-order valence-corrected chi connectivity index (χ4v) is 4.62. The Morgan fingerprint density at radius 1 is 1.14 bits per heavy atom. The maximum atomic E-state index is 13.0. The zero-order valence-electron chi connectivity index (χ0n) is 13.6. The van der Waals surface area contributed by atoms with E-state index in [9.17, 15) is 4.79 Å². The van der Waals surface area contributed by atoms with Crippen molar-refractivity contribution in [3.05, 3.63) is 24.0 Å². The number of aromatic nitrogens is 1. The van der Waals surface area contributed by atoms with Crippen molar-refractivity contribution in [3.8, 4) is 0 Å². The summed E-state index contributed by atoms with van der Waals surface area (Å²) >= 11 is 0. The summed E-state index contributed by atoms with van der Waals surface area (Å²) in [6.45, 7) is 4.12. The molecule has 3 rings (SSSR count). The minimum atomic E-state index is -0.232. The van der Waals surface area contributed by atoms with Crippen LogP contribution in [0.4, 0.5) is 0 Å². The smallest absolute Gasteiger partial charge is 0.161 e. The van der Waals surface area contributed by atoms with Crippen molar-refractivity contribution in [2.24, 2.45) is 5.92 Å². The highest BCUT2D eigenvalue weighted by Gasteiger charge is 2.44. The predicted molar refractivity (Wildman–Crippen MR) is 86.5 cm³/mol. The molecule has 0 bridgehead atoms. The Morgan fingerprint density at radius 2 is 1.81 bits per heavy atom. The molecule has 0 unspecified atom stereocenters. The van der Waals surface area contributed by atoms with Gasteiger partial charge in [-0.05, 0) is 43.7 Å². The molecule has 0 aromatic carbocycles. The first-order chi connectivity index (χ1) is 10.1. The first kappa shape index (κ1) is 14.9. The van der Waals surface area contributed by atoms with Gasteiger partial charge in [-0.1, -0.05) is 46.0 Å². The monoisotopic (exact) mass is 287 g/mol. The molecule has 0 saturated heterocycles. The number of carbonyl (C=O) groups is 1. The van der Waals surface area contributed by atoms with Gasteiger partial charge in [0.05, 0.1) is 0 Å². The van der Waals surface area contributed by atoms with Crippen LogP contribution in [0.1, 0.15) is 83.2 Å². The van der Waals surface area contributed by atoms with Crippen molar-refractivity contribution in [2.75, 3.05) is 0 Å². The summed E-state index contributed by atoms with van der Waals surface area (Å²) in [6, 6.07) is 4.45. The molecule has 1 aromatic heterocycles. The molecule has 0 amide bonds. The van der Waals surface area contributed by atoms with Crippen molar-refractivity contribution >= 4 is 5.78 Å². The van der Waals surface area contributed by atoms with Crippen molar-refractivity contribution in [2.45, 2.75) is 83.1 Å². The van der Waals surface area contributed by atoms with Gasteiger partial charge in [0.15, 0.2) is 5.78 Å². The third-order valence-electron chi connectivity index (χ3n) is 5.68. The van der Waals surface area contributed by atoms with E-state index in [1.165, 1.54) is 50.6 Å². The highest BCUT2D eigenvalue weighted by Crippen LogP contribution is 2.43. The van der Waals surface area contributed by atoms with Crippen molar-refractivity contribution < 1.29 is 4.79 Å². The van der Waals surface area contributed by atoms with Crippen LogP contribution >= 0.6 is 0 Å². The second kappa shape index (κ2) is 5.98. The molecule has 0 aliphatic heterocycles. The van der Waals surface area contributed by atoms with E-state index in [-0.39, 0.29) is 11.5 Å². The Hall–Kier alpha value is -1.05. The van der Waals surface area contributed by atoms with Crippen LogP contribution in [-0.2, 0) is 10.3 Å². The fourth-order valence-electron chi connectivity index (χ4n) is 4.62. The van der Waals surface area contributed by atoms with Crippen LogP contribution in [-0.4, -0.2) is 10.4 Å². The Kier molecular flexibility index (Phi) is 4.24. The van der Waals surface area contributed by atoms with Gasteiger partial charge in [-0.25, -0.2) is 0 Å². The number of ketones is 1. The van der Waals surface area contributed by atoms with Gasteiger partial charge in [-0.3, -0.25) is 4.79 Å². The molecular weight excluding hydrogens is 258 g/mol. The Labute approximate surface area is 128 Å². The van der Waals surface area contributed by atoms with Crippen molar-refractivity contribution in [3.63, 3.8) is 0 Å². The minimum Gasteiger partial charge on any atom is -0.338 e. The molecule has 2 nitrogen and oxygen atoms in total.